The van der Waals surface area contributed by atoms with E-state index in [1.165, 1.54) is 5.57 Å². The van der Waals surface area contributed by atoms with Crippen molar-refractivity contribution in [2.24, 2.45) is 23.7 Å². The molecule has 1 saturated heterocycles. The summed E-state index contributed by atoms with van der Waals surface area (Å²) in [5.41, 5.74) is 1.89. The average molecular weight is 1040 g/mol. The zero-order chi connectivity index (χ0) is 52.7. The first-order valence-corrected chi connectivity index (χ1v) is 38.1. The molecule has 2 aliphatic carbocycles. The molecule has 1 aromatic carbocycles. The summed E-state index contributed by atoms with van der Waals surface area (Å²) in [6.07, 6.45) is 3.67. The van der Waals surface area contributed by atoms with Crippen LogP contribution in [0.2, 0.25) is 72.5 Å². The monoisotopic (exact) mass is 1040 g/mol. The van der Waals surface area contributed by atoms with E-state index in [-0.39, 0.29) is 47.0 Å². The number of allylic oxidation sites excluding steroid dienone is 3. The van der Waals surface area contributed by atoms with Gasteiger partial charge in [-0.1, -0.05) is 133 Å². The van der Waals surface area contributed by atoms with Crippen LogP contribution in [0.5, 0.6) is 5.75 Å². The van der Waals surface area contributed by atoms with E-state index in [9.17, 15) is 0 Å². The SMILES string of the molecule is CC[Si](CC)(CC)O[C@H]1C[C@H]2C(C)=CC[C@H](C(C)C)[C@H]2/C=C(/CO[C@@H]2OC[C@@H](O[Si](C)(C)C(C)(C)C)[C@@H](O[Si](C)(C)C(C)(C)C)[C@@H]2OCc2ccc(OC)cc2)C(=O)C#C[C@]1(C)O[Si](CC)(CC)CC. The zero-order valence-corrected chi connectivity index (χ0v) is 52.1. The Bertz CT molecular complexity index is 1950. The molecule has 0 spiro atoms. The number of hydrogen-bond acceptors (Lipinski definition) is 9. The highest BCUT2D eigenvalue weighted by Crippen LogP contribution is 2.47. The number of methoxy groups -OCH3 is 1. The number of rotatable bonds is 22. The topological polar surface area (TPSA) is 90.9 Å². The van der Waals surface area contributed by atoms with Gasteiger partial charge in [0.05, 0.1) is 39.1 Å². The standard InChI is InChI=1S/C57H100O9Si4/c1-22-69(23-2,24-3)64-51-37-47-42(9)28-33-46(41(7)8)48(47)36-44(49(58)34-35-57(51,16)66-70(25-4,26-5)27-6)39-61-54-53(60-38-43-29-31-45(59-17)32-30-43)52(65-68(20,21)56(13,14)15)50(40-62-54)63-67(18,19)55(10,11)12/h28-32,36,41,46-48,50-54H,22-27,33,37-40H2,1-21H3/b44-36-/t46-,47+,48-,50-,51+,52-,53+,54-,57+/m1/s1. The first-order valence-electron chi connectivity index (χ1n) is 27.2. The summed E-state index contributed by atoms with van der Waals surface area (Å²) in [4.78, 5) is 15.1. The van der Waals surface area contributed by atoms with Crippen LogP contribution in [0.3, 0.4) is 0 Å². The van der Waals surface area contributed by atoms with Gasteiger partial charge in [0.25, 0.3) is 0 Å². The highest BCUT2D eigenvalue weighted by atomic mass is 28.4. The Labute approximate surface area is 432 Å². The van der Waals surface area contributed by atoms with Gasteiger partial charge in [-0.3, -0.25) is 4.79 Å². The quantitative estimate of drug-likeness (QED) is 0.0487. The first-order chi connectivity index (χ1) is 32.5. The molecule has 0 amide bonds. The zero-order valence-electron chi connectivity index (χ0n) is 48.1. The molecule has 0 radical (unpaired) electrons. The maximum atomic E-state index is 15.1. The maximum Gasteiger partial charge on any atom is 0.233 e. The molecule has 3 aliphatic rings. The Morgan fingerprint density at radius 3 is 1.84 bits per heavy atom. The Kier molecular flexibility index (Phi) is 21.5. The van der Waals surface area contributed by atoms with Crippen LogP contribution in [0.1, 0.15) is 129 Å². The smallest absolute Gasteiger partial charge is 0.233 e. The van der Waals surface area contributed by atoms with Gasteiger partial charge in [0.15, 0.2) is 39.6 Å². The number of ketones is 1. The largest absolute Gasteiger partial charge is 0.497 e. The summed E-state index contributed by atoms with van der Waals surface area (Å²) < 4.78 is 56.2. The fourth-order valence-corrected chi connectivity index (χ4v) is 18.8. The van der Waals surface area contributed by atoms with E-state index in [2.05, 4.69) is 161 Å². The number of hydrogen-bond donors (Lipinski definition) is 0. The number of ether oxygens (including phenoxy) is 4. The van der Waals surface area contributed by atoms with Crippen LogP contribution >= 0.6 is 0 Å². The normalized spacial score (nSPS) is 28.3. The van der Waals surface area contributed by atoms with Crippen molar-refractivity contribution in [3.8, 4) is 17.6 Å². The predicted molar refractivity (Wildman–Crippen MR) is 299 cm³/mol. The van der Waals surface area contributed by atoms with Gasteiger partial charge in [-0.25, -0.2) is 0 Å². The van der Waals surface area contributed by atoms with Crippen molar-refractivity contribution in [2.45, 2.75) is 239 Å². The molecule has 1 fully saturated rings. The minimum atomic E-state index is -2.43. The molecule has 1 heterocycles. The second-order valence-electron chi connectivity index (χ2n) is 24.5. The maximum absolute atomic E-state index is 15.1. The third-order valence-electron chi connectivity index (χ3n) is 17.9. The van der Waals surface area contributed by atoms with Gasteiger partial charge in [0, 0.05) is 5.57 Å². The van der Waals surface area contributed by atoms with Crippen molar-refractivity contribution < 1.29 is 41.4 Å². The molecule has 0 N–H and O–H groups in total. The van der Waals surface area contributed by atoms with E-state index in [0.29, 0.717) is 24.0 Å². The highest BCUT2D eigenvalue weighted by Gasteiger charge is 2.53. The molecule has 1 aliphatic heterocycles. The van der Waals surface area contributed by atoms with Crippen LogP contribution in [0.4, 0.5) is 0 Å². The molecule has 0 aromatic heterocycles. The van der Waals surface area contributed by atoms with Crippen molar-refractivity contribution >= 4 is 39.1 Å². The lowest BCUT2D eigenvalue weighted by Gasteiger charge is -2.50. The molecule has 1 aromatic rings. The Morgan fingerprint density at radius 2 is 1.33 bits per heavy atom. The molecule has 398 valence electrons. The second kappa shape index (κ2) is 24.8. The van der Waals surface area contributed by atoms with Gasteiger partial charge in [-0.15, -0.1) is 0 Å². The summed E-state index contributed by atoms with van der Waals surface area (Å²) in [7, 11) is -7.50. The van der Waals surface area contributed by atoms with Crippen LogP contribution < -0.4 is 4.74 Å². The van der Waals surface area contributed by atoms with Gasteiger partial charge in [0.1, 0.15) is 23.6 Å². The van der Waals surface area contributed by atoms with E-state index in [4.69, 9.17) is 36.7 Å². The Hall–Kier alpha value is -1.68. The van der Waals surface area contributed by atoms with Gasteiger partial charge in [-0.2, -0.15) is 0 Å². The minimum absolute atomic E-state index is 0.00450. The second-order valence-corrected chi connectivity index (χ2v) is 43.4. The van der Waals surface area contributed by atoms with E-state index >= 15 is 4.79 Å². The lowest BCUT2D eigenvalue weighted by atomic mass is 9.65. The molecule has 0 saturated carbocycles. The third-order valence-corrected chi connectivity index (χ3v) is 36.2. The van der Waals surface area contributed by atoms with Crippen molar-refractivity contribution in [1.82, 2.24) is 0 Å². The lowest BCUT2D eigenvalue weighted by molar-refractivity contribution is -0.276. The fraction of sp³-hybridized carbons (Fsp3) is 0.772. The Morgan fingerprint density at radius 1 is 0.771 bits per heavy atom. The predicted octanol–water partition coefficient (Wildman–Crippen LogP) is 14.7. The summed E-state index contributed by atoms with van der Waals surface area (Å²) in [5, 5.41) is -0.133. The third kappa shape index (κ3) is 14.6. The molecule has 0 unspecified atom stereocenters. The van der Waals surface area contributed by atoms with E-state index in [0.717, 1.165) is 60.4 Å². The van der Waals surface area contributed by atoms with Gasteiger partial charge >= 0.3 is 0 Å². The van der Waals surface area contributed by atoms with Gasteiger partial charge < -0.3 is 36.7 Å². The summed E-state index contributed by atoms with van der Waals surface area (Å²) in [6, 6.07) is 13.9. The molecule has 9 atom stereocenters. The molecular weight excluding hydrogens is 941 g/mol. The summed E-state index contributed by atoms with van der Waals surface area (Å²) in [6.45, 7) is 46.0. The van der Waals surface area contributed by atoms with Crippen molar-refractivity contribution in [2.75, 3.05) is 20.3 Å². The van der Waals surface area contributed by atoms with Crippen molar-refractivity contribution in [1.29, 1.82) is 0 Å². The average Bonchev–Trinajstić information content (AvgIpc) is 3.30. The number of fused-ring (bicyclic) bond motifs is 1. The van der Waals surface area contributed by atoms with E-state index in [1.54, 1.807) is 7.11 Å². The molecular formula is C57H100O9Si4. The highest BCUT2D eigenvalue weighted by molar-refractivity contribution is 6.75. The molecule has 4 rings (SSSR count). The fourth-order valence-electron chi connectivity index (χ4n) is 10.2. The van der Waals surface area contributed by atoms with Gasteiger partial charge in [-0.05, 0) is 147 Å². The molecule has 0 bridgehead atoms. The lowest BCUT2D eigenvalue weighted by Crippen LogP contribution is -2.63. The number of carbonyl (C=O) groups is 1. The van der Waals surface area contributed by atoms with Crippen LogP contribution in [0, 0.1) is 35.5 Å². The van der Waals surface area contributed by atoms with E-state index in [1.807, 2.05) is 24.3 Å². The van der Waals surface area contributed by atoms with Crippen LogP contribution in [-0.4, -0.2) is 95.7 Å². The molecule has 9 nitrogen and oxygen atoms in total. The van der Waals surface area contributed by atoms with Crippen molar-refractivity contribution in [3.05, 3.63) is 53.1 Å². The van der Waals surface area contributed by atoms with Crippen LogP contribution in [0.15, 0.2) is 47.6 Å². The van der Waals surface area contributed by atoms with Crippen molar-refractivity contribution in [3.63, 3.8) is 0 Å². The number of carbonyl (C=O) groups excluding carboxylic acids is 1. The Balaban J connectivity index is 1.91. The van der Waals surface area contributed by atoms with Crippen LogP contribution in [-0.2, 0) is 43.3 Å². The number of benzene rings is 1. The van der Waals surface area contributed by atoms with Gasteiger partial charge in [0.2, 0.25) is 5.78 Å². The molecule has 13 heteroatoms. The van der Waals surface area contributed by atoms with Crippen LogP contribution in [0.25, 0.3) is 0 Å². The molecule has 70 heavy (non-hydrogen) atoms. The number of Topliss-reactive ketones (excluding diaryl/α,β-unsaturated/α-hetero) is 1. The first kappa shape index (κ1) is 60.9. The minimum Gasteiger partial charge on any atom is -0.497 e. The summed E-state index contributed by atoms with van der Waals surface area (Å²) in [5.74, 6) is 8.20. The summed E-state index contributed by atoms with van der Waals surface area (Å²) >= 11 is 0. The van der Waals surface area contributed by atoms with E-state index < -0.39 is 63.5 Å².